The van der Waals surface area contributed by atoms with Crippen molar-refractivity contribution in [3.8, 4) is 0 Å². The van der Waals surface area contributed by atoms with Gasteiger partial charge in [0.05, 0.1) is 0 Å². The largest absolute Gasteiger partial charge is 0.312 e. The van der Waals surface area contributed by atoms with Crippen LogP contribution in [0.5, 0.6) is 0 Å². The highest BCUT2D eigenvalue weighted by Crippen LogP contribution is 2.25. The molecule has 2 atom stereocenters. The Morgan fingerprint density at radius 3 is 3.29 bits per heavy atom. The van der Waals surface area contributed by atoms with Crippen molar-refractivity contribution in [3.05, 3.63) is 36.0 Å². The van der Waals surface area contributed by atoms with E-state index < -0.39 is 0 Å². The molecule has 3 rings (SSSR count). The minimum absolute atomic E-state index is 0. The molecule has 0 bridgehead atoms. The number of nitrogens with zero attached hydrogens (tertiary/aromatic N) is 1. The Morgan fingerprint density at radius 1 is 1.35 bits per heavy atom. The SMILES string of the molecule is C1=CCC=CC(CN2C[C@@H]3CCCN[C@@H]3C2)=C1.[HH]. The monoisotopic (exact) mass is 232 g/mol. The van der Waals surface area contributed by atoms with E-state index in [0.29, 0.717) is 0 Å². The summed E-state index contributed by atoms with van der Waals surface area (Å²) in [5, 5.41) is 3.67. The molecular weight excluding hydrogens is 208 g/mol. The fourth-order valence-corrected chi connectivity index (χ4v) is 3.25. The molecule has 0 aromatic rings. The molecule has 0 amide bonds. The summed E-state index contributed by atoms with van der Waals surface area (Å²) >= 11 is 0. The average Bonchev–Trinajstić information content (AvgIpc) is 2.57. The Balaban J connectivity index is 0.00000120. The number of hydrogen-bond donors (Lipinski definition) is 1. The summed E-state index contributed by atoms with van der Waals surface area (Å²) in [7, 11) is 0. The molecule has 0 spiro atoms. The van der Waals surface area contributed by atoms with Crippen molar-refractivity contribution in [3.63, 3.8) is 0 Å². The van der Waals surface area contributed by atoms with Crippen molar-refractivity contribution < 1.29 is 1.43 Å². The molecule has 0 aromatic heterocycles. The van der Waals surface area contributed by atoms with E-state index in [-0.39, 0.29) is 1.43 Å². The predicted octanol–water partition coefficient (Wildman–Crippen LogP) is 2.36. The average molecular weight is 232 g/mol. The van der Waals surface area contributed by atoms with Crippen LogP contribution in [-0.2, 0) is 0 Å². The summed E-state index contributed by atoms with van der Waals surface area (Å²) in [5.41, 5.74) is 1.46. The van der Waals surface area contributed by atoms with Crippen LogP contribution >= 0.6 is 0 Å². The van der Waals surface area contributed by atoms with E-state index in [2.05, 4.69) is 40.6 Å². The second-order valence-electron chi connectivity index (χ2n) is 5.46. The normalized spacial score (nSPS) is 33.3. The molecule has 2 fully saturated rings. The molecule has 2 aliphatic heterocycles. The summed E-state index contributed by atoms with van der Waals surface area (Å²) in [6.07, 6.45) is 15.1. The quantitative estimate of drug-likeness (QED) is 0.786. The van der Waals surface area contributed by atoms with Crippen molar-refractivity contribution >= 4 is 0 Å². The van der Waals surface area contributed by atoms with Gasteiger partial charge in [-0.1, -0.05) is 30.4 Å². The molecule has 0 unspecified atom stereocenters. The smallest absolute Gasteiger partial charge is 0.0235 e. The predicted molar refractivity (Wildman–Crippen MR) is 74.0 cm³/mol. The van der Waals surface area contributed by atoms with Crippen LogP contribution in [0.4, 0.5) is 0 Å². The van der Waals surface area contributed by atoms with Crippen LogP contribution in [-0.4, -0.2) is 37.1 Å². The Morgan fingerprint density at radius 2 is 2.35 bits per heavy atom. The van der Waals surface area contributed by atoms with E-state index in [1.165, 1.54) is 38.0 Å². The van der Waals surface area contributed by atoms with Crippen molar-refractivity contribution in [2.45, 2.75) is 25.3 Å². The Kier molecular flexibility index (Phi) is 3.44. The molecule has 0 radical (unpaired) electrons. The van der Waals surface area contributed by atoms with Crippen LogP contribution in [0.25, 0.3) is 0 Å². The van der Waals surface area contributed by atoms with Gasteiger partial charge in [-0.2, -0.15) is 0 Å². The molecule has 94 valence electrons. The van der Waals surface area contributed by atoms with Gasteiger partial charge >= 0.3 is 0 Å². The van der Waals surface area contributed by atoms with Gasteiger partial charge in [0.15, 0.2) is 0 Å². The second-order valence-corrected chi connectivity index (χ2v) is 5.46. The molecule has 2 nitrogen and oxygen atoms in total. The van der Waals surface area contributed by atoms with Crippen LogP contribution in [0.1, 0.15) is 20.7 Å². The van der Waals surface area contributed by atoms with E-state index in [9.17, 15) is 0 Å². The summed E-state index contributed by atoms with van der Waals surface area (Å²) in [4.78, 5) is 2.61. The minimum Gasteiger partial charge on any atom is -0.312 e. The standard InChI is InChI=1S/C15H22N2.H2/c1-2-4-7-13(6-3-1)10-17-11-14-8-5-9-16-15(14)12-17;/h1,3-4,6-7,14-16H,2,5,8-12H2;1H/t14-,15+;/m0./s1. The maximum Gasteiger partial charge on any atom is 0.0235 e. The Hall–Kier alpha value is -0.860. The lowest BCUT2D eigenvalue weighted by Gasteiger charge is -2.24. The zero-order valence-corrected chi connectivity index (χ0v) is 10.4. The first-order valence-corrected chi connectivity index (χ1v) is 6.90. The summed E-state index contributed by atoms with van der Waals surface area (Å²) in [6.45, 7) is 4.86. The van der Waals surface area contributed by atoms with Crippen LogP contribution in [0.3, 0.4) is 0 Å². The van der Waals surface area contributed by atoms with Crippen molar-refractivity contribution in [1.29, 1.82) is 0 Å². The molecule has 3 aliphatic rings. The number of likely N-dealkylation sites (tertiary alicyclic amines) is 1. The fraction of sp³-hybridized carbons (Fsp3) is 0.600. The number of rotatable bonds is 2. The van der Waals surface area contributed by atoms with Gasteiger partial charge in [-0.15, -0.1) is 0 Å². The van der Waals surface area contributed by atoms with Gasteiger partial charge < -0.3 is 5.32 Å². The molecule has 2 heteroatoms. The van der Waals surface area contributed by atoms with E-state index in [4.69, 9.17) is 0 Å². The first kappa shape index (κ1) is 11.2. The van der Waals surface area contributed by atoms with Crippen LogP contribution in [0, 0.1) is 5.92 Å². The highest BCUT2D eigenvalue weighted by Gasteiger charge is 2.33. The lowest BCUT2D eigenvalue weighted by Crippen LogP contribution is -2.40. The van der Waals surface area contributed by atoms with Crippen LogP contribution in [0.15, 0.2) is 36.0 Å². The van der Waals surface area contributed by atoms with Crippen LogP contribution < -0.4 is 5.32 Å². The number of nitrogens with one attached hydrogen (secondary N) is 1. The third kappa shape index (κ3) is 2.70. The molecule has 2 heterocycles. The van der Waals surface area contributed by atoms with E-state index in [1.54, 1.807) is 0 Å². The van der Waals surface area contributed by atoms with Gasteiger partial charge in [0, 0.05) is 27.1 Å². The van der Waals surface area contributed by atoms with Crippen molar-refractivity contribution in [1.82, 2.24) is 10.2 Å². The molecule has 2 saturated heterocycles. The second kappa shape index (κ2) is 5.19. The Bertz CT molecular complexity index is 346. The minimum atomic E-state index is 0. The molecule has 0 aromatic carbocycles. The molecule has 1 N–H and O–H groups in total. The third-order valence-electron chi connectivity index (χ3n) is 4.13. The van der Waals surface area contributed by atoms with Gasteiger partial charge in [-0.3, -0.25) is 4.90 Å². The zero-order chi connectivity index (χ0) is 11.5. The molecule has 1 aliphatic carbocycles. The van der Waals surface area contributed by atoms with Gasteiger partial charge in [-0.05, 0) is 37.3 Å². The maximum absolute atomic E-state index is 3.67. The summed E-state index contributed by atoms with van der Waals surface area (Å²) in [6, 6.07) is 0.759. The zero-order valence-electron chi connectivity index (χ0n) is 10.4. The number of allylic oxidation sites excluding steroid dienone is 4. The highest BCUT2D eigenvalue weighted by molar-refractivity contribution is 5.28. The number of piperidine rings is 1. The van der Waals surface area contributed by atoms with Gasteiger partial charge in [0.2, 0.25) is 0 Å². The van der Waals surface area contributed by atoms with Crippen molar-refractivity contribution in [2.24, 2.45) is 5.92 Å². The van der Waals surface area contributed by atoms with Crippen LogP contribution in [0.2, 0.25) is 0 Å². The first-order chi connectivity index (χ1) is 8.42. The lowest BCUT2D eigenvalue weighted by atomic mass is 9.94. The maximum atomic E-state index is 3.67. The first-order valence-electron chi connectivity index (χ1n) is 6.90. The topological polar surface area (TPSA) is 15.3 Å². The van der Waals surface area contributed by atoms with Gasteiger partial charge in [0.25, 0.3) is 0 Å². The number of fused-ring (bicyclic) bond motifs is 1. The highest BCUT2D eigenvalue weighted by atomic mass is 15.2. The molecule has 17 heavy (non-hydrogen) atoms. The van der Waals surface area contributed by atoms with E-state index in [0.717, 1.165) is 24.9 Å². The summed E-state index contributed by atoms with van der Waals surface area (Å²) < 4.78 is 0. The van der Waals surface area contributed by atoms with Crippen molar-refractivity contribution in [2.75, 3.05) is 26.2 Å². The van der Waals surface area contributed by atoms with Gasteiger partial charge in [0.1, 0.15) is 0 Å². The van der Waals surface area contributed by atoms with E-state index >= 15 is 0 Å². The lowest BCUT2D eigenvalue weighted by molar-refractivity contribution is 0.334. The Labute approximate surface area is 106 Å². The molecular formula is C15H24N2. The summed E-state index contributed by atoms with van der Waals surface area (Å²) in [5.74, 6) is 0.898. The van der Waals surface area contributed by atoms with Gasteiger partial charge in [-0.25, -0.2) is 0 Å². The number of hydrogen-bond acceptors (Lipinski definition) is 2. The molecule has 0 saturated carbocycles. The van der Waals surface area contributed by atoms with E-state index in [1.807, 2.05) is 0 Å². The fourth-order valence-electron chi connectivity index (χ4n) is 3.25. The third-order valence-corrected chi connectivity index (χ3v) is 4.13.